The van der Waals surface area contributed by atoms with Gasteiger partial charge in [0.1, 0.15) is 0 Å². The number of benzene rings is 3. The van der Waals surface area contributed by atoms with Crippen LogP contribution in [0.1, 0.15) is 90.2 Å². The molecule has 236 valence electrons. The molecular formula is C40H47NO3S. The summed E-state index contributed by atoms with van der Waals surface area (Å²) in [5.74, 6) is 0.0807. The highest BCUT2D eigenvalue weighted by atomic mass is 32.1. The number of aliphatic hydroxyl groups excluding tert-OH is 1. The third kappa shape index (κ3) is 6.73. The maximum atomic E-state index is 14.4. The number of hydrogen-bond acceptors (Lipinski definition) is 5. The van der Waals surface area contributed by atoms with Gasteiger partial charge in [0.15, 0.2) is 0 Å². The summed E-state index contributed by atoms with van der Waals surface area (Å²) in [6, 6.07) is 27.0. The van der Waals surface area contributed by atoms with Crippen LogP contribution in [-0.4, -0.2) is 52.7 Å². The monoisotopic (exact) mass is 621 g/mol. The Labute approximate surface area is 272 Å². The smallest absolute Gasteiger partial charge is 0.203 e. The Balaban J connectivity index is 1.38. The van der Waals surface area contributed by atoms with Gasteiger partial charge in [0.2, 0.25) is 5.78 Å². The van der Waals surface area contributed by atoms with Gasteiger partial charge in [-0.25, -0.2) is 0 Å². The summed E-state index contributed by atoms with van der Waals surface area (Å²) >= 11 is 1.55. The van der Waals surface area contributed by atoms with Gasteiger partial charge in [0, 0.05) is 28.8 Å². The molecule has 45 heavy (non-hydrogen) atoms. The third-order valence-electron chi connectivity index (χ3n) is 10.7. The molecule has 3 aliphatic rings. The molecule has 0 saturated heterocycles. The topological polar surface area (TPSA) is 60.8 Å². The van der Waals surface area contributed by atoms with Gasteiger partial charge < -0.3 is 15.1 Å². The minimum Gasteiger partial charge on any atom is -0.393 e. The molecule has 1 heterocycles. The molecule has 3 aromatic carbocycles. The lowest BCUT2D eigenvalue weighted by Gasteiger charge is -2.45. The van der Waals surface area contributed by atoms with Crippen LogP contribution < -0.4 is 0 Å². The molecule has 1 saturated carbocycles. The average Bonchev–Trinajstić information content (AvgIpc) is 3.57. The van der Waals surface area contributed by atoms with Crippen LogP contribution in [0.2, 0.25) is 0 Å². The van der Waals surface area contributed by atoms with Crippen molar-refractivity contribution in [1.29, 1.82) is 0 Å². The largest absolute Gasteiger partial charge is 0.393 e. The summed E-state index contributed by atoms with van der Waals surface area (Å²) in [7, 11) is 2.13. The van der Waals surface area contributed by atoms with E-state index >= 15 is 0 Å². The normalized spacial score (nSPS) is 25.7. The van der Waals surface area contributed by atoms with E-state index in [1.165, 1.54) is 11.1 Å². The van der Waals surface area contributed by atoms with Crippen molar-refractivity contribution in [2.45, 2.75) is 82.8 Å². The van der Waals surface area contributed by atoms with E-state index < -0.39 is 17.1 Å². The zero-order valence-electron chi connectivity index (χ0n) is 27.0. The standard InChI is InChI=1S/C40H47NO3S/c1-28-10-9-21-39(2)35(19-22-40(39,44)27-41(3)23-20-29-11-5-4-6-12-29)33-18-16-30(24-32(42)17-15-28)25-34(33)38(43)37-26-31-13-7-8-14-36(31)45-37/h4-8,10-14,16,18,25-26,32,35,42,44H,9,15,17,19-24,27H2,1-3H3. The summed E-state index contributed by atoms with van der Waals surface area (Å²) in [5.41, 5.74) is 4.04. The fourth-order valence-electron chi connectivity index (χ4n) is 7.91. The molecule has 4 unspecified atom stereocenters. The van der Waals surface area contributed by atoms with Crippen LogP contribution in [0, 0.1) is 5.41 Å². The number of rotatable bonds is 7. The number of nitrogens with zero attached hydrogens (tertiary/aromatic N) is 1. The first-order valence-electron chi connectivity index (χ1n) is 16.6. The van der Waals surface area contributed by atoms with E-state index in [0.29, 0.717) is 25.8 Å². The molecule has 2 bridgehead atoms. The lowest BCUT2D eigenvalue weighted by atomic mass is 9.64. The molecule has 1 aromatic heterocycles. The molecule has 4 aromatic rings. The number of likely N-dealkylation sites (N-methyl/N-ethyl adjacent to an activating group) is 1. The zero-order valence-corrected chi connectivity index (χ0v) is 27.8. The van der Waals surface area contributed by atoms with Crippen LogP contribution in [0.5, 0.6) is 0 Å². The Bertz CT molecular complexity index is 1640. The molecule has 5 heteroatoms. The van der Waals surface area contributed by atoms with Crippen LogP contribution in [0.15, 0.2) is 90.5 Å². The summed E-state index contributed by atoms with van der Waals surface area (Å²) in [6.45, 7) is 5.90. The Morgan fingerprint density at radius 3 is 2.58 bits per heavy atom. The van der Waals surface area contributed by atoms with Gasteiger partial charge in [-0.05, 0) is 112 Å². The molecule has 0 radical (unpaired) electrons. The minimum atomic E-state index is -0.894. The van der Waals surface area contributed by atoms with E-state index in [2.05, 4.69) is 80.4 Å². The van der Waals surface area contributed by atoms with Gasteiger partial charge in [-0.15, -0.1) is 11.3 Å². The van der Waals surface area contributed by atoms with Crippen molar-refractivity contribution >= 4 is 27.2 Å². The number of carbonyl (C=O) groups excluding carboxylic acids is 1. The zero-order chi connectivity index (χ0) is 31.6. The number of carbonyl (C=O) groups is 1. The molecule has 0 aliphatic heterocycles. The summed E-state index contributed by atoms with van der Waals surface area (Å²) in [5, 5.41) is 24.6. The number of aliphatic hydroxyl groups is 2. The van der Waals surface area contributed by atoms with Crippen molar-refractivity contribution in [1.82, 2.24) is 4.90 Å². The highest BCUT2D eigenvalue weighted by Crippen LogP contribution is 2.58. The van der Waals surface area contributed by atoms with Gasteiger partial charge in [-0.1, -0.05) is 79.2 Å². The van der Waals surface area contributed by atoms with E-state index in [4.69, 9.17) is 0 Å². The first-order chi connectivity index (χ1) is 21.6. The quantitative estimate of drug-likeness (QED) is 0.161. The van der Waals surface area contributed by atoms with E-state index in [1.54, 1.807) is 11.3 Å². The lowest BCUT2D eigenvalue weighted by molar-refractivity contribution is -0.0798. The molecular weight excluding hydrogens is 575 g/mol. The van der Waals surface area contributed by atoms with Crippen molar-refractivity contribution in [3.63, 3.8) is 0 Å². The van der Waals surface area contributed by atoms with Crippen molar-refractivity contribution < 1.29 is 15.0 Å². The lowest BCUT2D eigenvalue weighted by Crippen LogP contribution is -2.52. The third-order valence-corrected chi connectivity index (χ3v) is 11.8. The predicted molar refractivity (Wildman–Crippen MR) is 186 cm³/mol. The minimum absolute atomic E-state index is 0.0361. The van der Waals surface area contributed by atoms with Gasteiger partial charge >= 0.3 is 0 Å². The molecule has 4 nitrogen and oxygen atoms in total. The van der Waals surface area contributed by atoms with Gasteiger partial charge in [0.25, 0.3) is 0 Å². The van der Waals surface area contributed by atoms with Crippen LogP contribution >= 0.6 is 11.3 Å². The number of hydrogen-bond donors (Lipinski definition) is 2. The van der Waals surface area contributed by atoms with E-state index in [1.807, 2.05) is 30.3 Å². The van der Waals surface area contributed by atoms with Gasteiger partial charge in [-0.2, -0.15) is 0 Å². The predicted octanol–water partition coefficient (Wildman–Crippen LogP) is 8.35. The highest BCUT2D eigenvalue weighted by Gasteiger charge is 2.57. The van der Waals surface area contributed by atoms with Gasteiger partial charge in [0.05, 0.1) is 16.6 Å². The highest BCUT2D eigenvalue weighted by molar-refractivity contribution is 7.21. The first kappa shape index (κ1) is 31.9. The molecule has 0 spiro atoms. The fraction of sp³-hybridized carbons (Fsp3) is 0.425. The maximum absolute atomic E-state index is 14.4. The van der Waals surface area contributed by atoms with E-state index in [-0.39, 0.29) is 11.7 Å². The second kappa shape index (κ2) is 13.3. The molecule has 1 fully saturated rings. The second-order valence-corrected chi connectivity index (χ2v) is 15.0. The first-order valence-corrected chi connectivity index (χ1v) is 17.4. The van der Waals surface area contributed by atoms with Crippen molar-refractivity contribution in [2.75, 3.05) is 20.1 Å². The molecule has 3 aliphatic carbocycles. The van der Waals surface area contributed by atoms with E-state index in [9.17, 15) is 15.0 Å². The van der Waals surface area contributed by atoms with Crippen LogP contribution in [-0.2, 0) is 12.8 Å². The van der Waals surface area contributed by atoms with Crippen LogP contribution in [0.3, 0.4) is 0 Å². The van der Waals surface area contributed by atoms with Crippen molar-refractivity contribution in [3.05, 3.63) is 118 Å². The Hall–Kier alpha value is -3.09. The molecule has 0 amide bonds. The number of fused-ring (bicyclic) bond motifs is 9. The molecule has 4 atom stereocenters. The number of ketones is 1. The van der Waals surface area contributed by atoms with Crippen LogP contribution in [0.25, 0.3) is 10.1 Å². The maximum Gasteiger partial charge on any atom is 0.203 e. The Kier molecular flexibility index (Phi) is 9.44. The molecule has 7 rings (SSSR count). The molecule has 2 N–H and O–H groups in total. The fourth-order valence-corrected chi connectivity index (χ4v) is 8.93. The summed E-state index contributed by atoms with van der Waals surface area (Å²) in [6.07, 6.45) is 8.09. The van der Waals surface area contributed by atoms with Crippen molar-refractivity contribution in [3.8, 4) is 0 Å². The summed E-state index contributed by atoms with van der Waals surface area (Å²) < 4.78 is 1.11. The SMILES string of the molecule is CC1=CCCC2(C)C(CCC2(O)CN(C)CCc2ccccc2)c2ccc(cc2C(=O)c2cc3ccccc3s2)CC(O)CC1. The average molecular weight is 622 g/mol. The van der Waals surface area contributed by atoms with Crippen molar-refractivity contribution in [2.24, 2.45) is 5.41 Å². The second-order valence-electron chi connectivity index (χ2n) is 13.9. The van der Waals surface area contributed by atoms with Crippen LogP contribution in [0.4, 0.5) is 0 Å². The Morgan fingerprint density at radius 2 is 1.78 bits per heavy atom. The number of thiophene rings is 1. The number of allylic oxidation sites excluding steroid dienone is 2. The van der Waals surface area contributed by atoms with E-state index in [0.717, 1.165) is 70.3 Å². The Morgan fingerprint density at radius 1 is 1.00 bits per heavy atom. The van der Waals surface area contributed by atoms with Gasteiger partial charge in [-0.3, -0.25) is 4.79 Å². The summed E-state index contributed by atoms with van der Waals surface area (Å²) in [4.78, 5) is 17.4.